The fraction of sp³-hybridized carbons (Fsp3) is 0.200. The average molecular weight is 466 g/mol. The van der Waals surface area contributed by atoms with Crippen LogP contribution in [0.15, 0.2) is 72.4 Å². The first-order chi connectivity index (χ1) is 15.2. The summed E-state index contributed by atoms with van der Waals surface area (Å²) in [6.45, 7) is 18.9. The molecule has 0 saturated heterocycles. The van der Waals surface area contributed by atoms with Crippen LogP contribution in [0.2, 0.25) is 0 Å². The van der Waals surface area contributed by atoms with E-state index in [1.54, 1.807) is 0 Å². The van der Waals surface area contributed by atoms with Crippen LogP contribution in [-0.2, 0) is 57.5 Å². The smallest absolute Gasteiger partial charge is 0.379 e. The Bertz CT molecular complexity index is 893. The summed E-state index contributed by atoms with van der Waals surface area (Å²) in [6.07, 6.45) is 0. The standard InChI is InChI=1S/C20H20NO12/c1-9(2)13(22)26-17-18(27-14(23)10(3)4)31-21(30-17)32-19(28-15(24)11(5)6)20(33-21)29-16(25)12(7)8/h1,3,5,7H2,2,4,6,8H3/q+1. The van der Waals surface area contributed by atoms with Gasteiger partial charge in [-0.1, -0.05) is 26.3 Å². The molecule has 0 amide bonds. The maximum Gasteiger partial charge on any atom is 0.457 e. The highest BCUT2D eigenvalue weighted by Crippen LogP contribution is 2.40. The molecule has 0 fully saturated rings. The van der Waals surface area contributed by atoms with E-state index in [1.807, 2.05) is 0 Å². The van der Waals surface area contributed by atoms with Crippen molar-refractivity contribution in [1.29, 1.82) is 0 Å². The Balaban J connectivity index is 2.36. The molecule has 13 heteroatoms. The molecule has 1 spiro atoms. The van der Waals surface area contributed by atoms with E-state index in [0.717, 1.165) is 0 Å². The van der Waals surface area contributed by atoms with E-state index < -0.39 is 52.8 Å². The fourth-order valence-electron chi connectivity index (χ4n) is 1.59. The largest absolute Gasteiger partial charge is 0.457 e. The second-order valence-corrected chi connectivity index (χ2v) is 6.64. The Morgan fingerprint density at radius 3 is 0.848 bits per heavy atom. The molecule has 0 aromatic rings. The average Bonchev–Trinajstić information content (AvgIpc) is 3.19. The van der Waals surface area contributed by atoms with Crippen LogP contribution in [0.1, 0.15) is 27.7 Å². The molecule has 0 N–H and O–H groups in total. The quantitative estimate of drug-likeness (QED) is 0.224. The predicted molar refractivity (Wildman–Crippen MR) is 102 cm³/mol. The van der Waals surface area contributed by atoms with Crippen molar-refractivity contribution >= 4 is 23.9 Å². The van der Waals surface area contributed by atoms with E-state index in [0.29, 0.717) is 0 Å². The molecule has 176 valence electrons. The van der Waals surface area contributed by atoms with Crippen molar-refractivity contribution < 1.29 is 62.6 Å². The molecule has 0 unspecified atom stereocenters. The highest BCUT2D eigenvalue weighted by Gasteiger charge is 2.65. The number of ether oxygens (including phenoxy) is 4. The molecule has 0 aromatic carbocycles. The molecular formula is C20H20NO12+. The third kappa shape index (κ3) is 5.80. The molecule has 2 aliphatic heterocycles. The van der Waals surface area contributed by atoms with Crippen LogP contribution in [0.25, 0.3) is 0 Å². The maximum absolute atomic E-state index is 11.9. The Kier molecular flexibility index (Phi) is 6.99. The molecule has 0 saturated carbocycles. The van der Waals surface area contributed by atoms with Crippen LogP contribution in [0.3, 0.4) is 0 Å². The van der Waals surface area contributed by atoms with Gasteiger partial charge in [-0.05, 0) is 27.7 Å². The first kappa shape index (κ1) is 24.7. The summed E-state index contributed by atoms with van der Waals surface area (Å²) >= 11 is 0. The number of rotatable bonds is 8. The summed E-state index contributed by atoms with van der Waals surface area (Å²) in [4.78, 5) is 68.4. The number of quaternary nitrogens is 1. The molecule has 0 aromatic heterocycles. The molecule has 13 nitrogen and oxygen atoms in total. The minimum Gasteiger partial charge on any atom is -0.379 e. The van der Waals surface area contributed by atoms with Gasteiger partial charge in [0.15, 0.2) is 0 Å². The third-order valence-corrected chi connectivity index (χ3v) is 3.25. The highest BCUT2D eigenvalue weighted by atomic mass is 17.4. The van der Waals surface area contributed by atoms with Gasteiger partial charge in [0.05, 0.1) is 0 Å². The lowest BCUT2D eigenvalue weighted by Crippen LogP contribution is -2.39. The lowest BCUT2D eigenvalue weighted by Gasteiger charge is -2.12. The van der Waals surface area contributed by atoms with Crippen molar-refractivity contribution in [2.24, 2.45) is 0 Å². The number of carbonyl (C=O) groups excluding carboxylic acids is 4. The Labute approximate surface area is 187 Å². The summed E-state index contributed by atoms with van der Waals surface area (Å²) in [6, 6.07) is 0. The molecule has 2 heterocycles. The normalized spacial score (nSPS) is 15.4. The number of carbonyl (C=O) groups is 4. The summed E-state index contributed by atoms with van der Waals surface area (Å²) in [5.74, 6) is -7.32. The van der Waals surface area contributed by atoms with Crippen LogP contribution < -0.4 is 0 Å². The van der Waals surface area contributed by atoms with Gasteiger partial charge in [0.25, 0.3) is 0 Å². The molecule has 0 bridgehead atoms. The summed E-state index contributed by atoms with van der Waals surface area (Å²) in [7, 11) is 0. The molecule has 2 rings (SSSR count). The van der Waals surface area contributed by atoms with E-state index in [9.17, 15) is 19.2 Å². The van der Waals surface area contributed by atoms with Crippen molar-refractivity contribution in [3.05, 3.63) is 72.4 Å². The van der Waals surface area contributed by atoms with Gasteiger partial charge in [0, 0.05) is 22.3 Å². The van der Waals surface area contributed by atoms with Crippen LogP contribution in [0, 0.1) is 0 Å². The van der Waals surface area contributed by atoms with E-state index >= 15 is 0 Å². The van der Waals surface area contributed by atoms with E-state index in [-0.39, 0.29) is 22.3 Å². The Morgan fingerprint density at radius 1 is 0.515 bits per heavy atom. The molecule has 33 heavy (non-hydrogen) atoms. The molecule has 0 atom stereocenters. The van der Waals surface area contributed by atoms with Gasteiger partial charge in [-0.15, -0.1) is 19.4 Å². The van der Waals surface area contributed by atoms with Crippen LogP contribution in [-0.4, -0.2) is 29.0 Å². The van der Waals surface area contributed by atoms with Gasteiger partial charge >= 0.3 is 52.8 Å². The molecule has 0 aliphatic carbocycles. The lowest BCUT2D eigenvalue weighted by atomic mass is 10.4. The number of nitrogens with zero attached hydrogens (tertiary/aromatic N) is 1. The minimum absolute atomic E-state index is 0.0522. The molecule has 2 aliphatic rings. The zero-order chi connectivity index (χ0) is 25.1. The zero-order valence-corrected chi connectivity index (χ0v) is 18.2. The van der Waals surface area contributed by atoms with Gasteiger partial charge in [0.2, 0.25) is 0 Å². The monoisotopic (exact) mass is 466 g/mol. The third-order valence-electron chi connectivity index (χ3n) is 3.25. The Morgan fingerprint density at radius 2 is 0.697 bits per heavy atom. The minimum atomic E-state index is -1.89. The number of esters is 4. The van der Waals surface area contributed by atoms with Gasteiger partial charge in [-0.25, -0.2) is 19.2 Å². The van der Waals surface area contributed by atoms with Gasteiger partial charge < -0.3 is 18.9 Å². The predicted octanol–water partition coefficient (Wildman–Crippen LogP) is 2.29. The molecule has 0 radical (unpaired) electrons. The second kappa shape index (κ2) is 9.32. The summed E-state index contributed by atoms with van der Waals surface area (Å²) < 4.78 is 19.6. The van der Waals surface area contributed by atoms with E-state index in [4.69, 9.17) is 38.3 Å². The van der Waals surface area contributed by atoms with Crippen molar-refractivity contribution in [2.45, 2.75) is 27.7 Å². The fourth-order valence-corrected chi connectivity index (χ4v) is 1.59. The maximum atomic E-state index is 11.9. The van der Waals surface area contributed by atoms with Crippen molar-refractivity contribution in [1.82, 2.24) is 0 Å². The number of hydrogen-bond acceptors (Lipinski definition) is 12. The van der Waals surface area contributed by atoms with E-state index in [1.165, 1.54) is 27.7 Å². The first-order valence-corrected chi connectivity index (χ1v) is 8.91. The first-order valence-electron chi connectivity index (χ1n) is 8.91. The lowest BCUT2D eigenvalue weighted by molar-refractivity contribution is -1.45. The Hall–Kier alpha value is -4.52. The SMILES string of the molecule is C=C(C)C(=O)OC1=C(OC(=O)C(=C)C)O[N+]2(O1)OC(OC(=O)C(=C)C)=C(OC(=O)C(=C)C)O2. The highest BCUT2D eigenvalue weighted by molar-refractivity contribution is 5.89. The van der Waals surface area contributed by atoms with Gasteiger partial charge in [-0.3, -0.25) is 0 Å². The summed E-state index contributed by atoms with van der Waals surface area (Å²) in [5, 5.41) is -1.89. The van der Waals surface area contributed by atoms with Crippen LogP contribution >= 0.6 is 0 Å². The van der Waals surface area contributed by atoms with E-state index in [2.05, 4.69) is 26.3 Å². The van der Waals surface area contributed by atoms with Crippen molar-refractivity contribution in [3.63, 3.8) is 0 Å². The second-order valence-electron chi connectivity index (χ2n) is 6.64. The van der Waals surface area contributed by atoms with Gasteiger partial charge in [-0.2, -0.15) is 0 Å². The van der Waals surface area contributed by atoms with Crippen molar-refractivity contribution in [2.75, 3.05) is 0 Å². The van der Waals surface area contributed by atoms with Crippen LogP contribution in [0.4, 0.5) is 0 Å². The topological polar surface area (TPSA) is 142 Å². The molecular weight excluding hydrogens is 446 g/mol. The number of hydrogen-bond donors (Lipinski definition) is 0. The summed E-state index contributed by atoms with van der Waals surface area (Å²) in [5.41, 5.74) is -0.209. The van der Waals surface area contributed by atoms with Gasteiger partial charge in [0.1, 0.15) is 0 Å². The zero-order valence-electron chi connectivity index (χ0n) is 18.2. The van der Waals surface area contributed by atoms with Crippen LogP contribution in [0.5, 0.6) is 0 Å². The van der Waals surface area contributed by atoms with Crippen molar-refractivity contribution in [3.8, 4) is 0 Å².